The molecular formula is C18H30N6OS. The molecule has 2 N–H and O–H groups in total. The normalized spacial score (nSPS) is 14.2. The van der Waals surface area contributed by atoms with Crippen molar-refractivity contribution >= 4 is 17.3 Å². The molecule has 26 heavy (non-hydrogen) atoms. The third-order valence-corrected chi connectivity index (χ3v) is 5.01. The Morgan fingerprint density at radius 3 is 2.88 bits per heavy atom. The second-order valence-corrected chi connectivity index (χ2v) is 7.13. The van der Waals surface area contributed by atoms with Crippen molar-refractivity contribution < 1.29 is 4.74 Å². The van der Waals surface area contributed by atoms with Gasteiger partial charge in [0.1, 0.15) is 12.2 Å². The van der Waals surface area contributed by atoms with E-state index in [9.17, 15) is 0 Å². The smallest absolute Gasteiger partial charge is 0.192 e. The van der Waals surface area contributed by atoms with Gasteiger partial charge in [-0.2, -0.15) is 0 Å². The number of guanidine groups is 1. The molecule has 0 fully saturated rings. The Kier molecular flexibility index (Phi) is 8.57. The van der Waals surface area contributed by atoms with Crippen LogP contribution in [0.4, 0.5) is 0 Å². The molecule has 0 saturated heterocycles. The lowest BCUT2D eigenvalue weighted by molar-refractivity contribution is 0.178. The number of aromatic nitrogens is 3. The maximum absolute atomic E-state index is 5.24. The van der Waals surface area contributed by atoms with Crippen molar-refractivity contribution in [1.29, 1.82) is 0 Å². The quantitative estimate of drug-likeness (QED) is 0.491. The topological polar surface area (TPSA) is 76.4 Å². The molecular weight excluding hydrogens is 348 g/mol. The van der Waals surface area contributed by atoms with Crippen LogP contribution in [0.15, 0.2) is 28.8 Å². The molecule has 2 aromatic rings. The lowest BCUT2D eigenvalue weighted by Gasteiger charge is -2.22. The number of nitrogens with one attached hydrogen (secondary N) is 2. The number of aryl methyl sites for hydroxylation is 1. The van der Waals surface area contributed by atoms with Crippen LogP contribution in [-0.4, -0.2) is 47.0 Å². The van der Waals surface area contributed by atoms with Crippen molar-refractivity contribution in [3.05, 3.63) is 34.5 Å². The van der Waals surface area contributed by atoms with Crippen LogP contribution in [0.5, 0.6) is 0 Å². The van der Waals surface area contributed by atoms with E-state index in [1.807, 2.05) is 0 Å². The molecule has 2 heterocycles. The van der Waals surface area contributed by atoms with Gasteiger partial charge in [0.05, 0.1) is 19.2 Å². The van der Waals surface area contributed by atoms with E-state index in [1.54, 1.807) is 24.8 Å². The van der Waals surface area contributed by atoms with E-state index in [-0.39, 0.29) is 12.1 Å². The third kappa shape index (κ3) is 6.10. The highest BCUT2D eigenvalue weighted by Crippen LogP contribution is 2.21. The summed E-state index contributed by atoms with van der Waals surface area (Å²) in [7, 11) is 1.71. The first kappa shape index (κ1) is 20.4. The highest BCUT2D eigenvalue weighted by Gasteiger charge is 2.14. The number of ether oxygens (including phenoxy) is 1. The highest BCUT2D eigenvalue weighted by atomic mass is 32.1. The summed E-state index contributed by atoms with van der Waals surface area (Å²) in [6.07, 6.45) is 3.63. The minimum Gasteiger partial charge on any atom is -0.383 e. The lowest BCUT2D eigenvalue weighted by atomic mass is 10.2. The van der Waals surface area contributed by atoms with Crippen molar-refractivity contribution in [3.8, 4) is 0 Å². The van der Waals surface area contributed by atoms with Gasteiger partial charge in [0.25, 0.3) is 0 Å². The SMILES string of the molecule is CCc1nncn1CCN=C(NC(C)COC)NC(CC)c1cccs1. The van der Waals surface area contributed by atoms with Crippen molar-refractivity contribution in [3.63, 3.8) is 0 Å². The predicted octanol–water partition coefficient (Wildman–Crippen LogP) is 2.62. The van der Waals surface area contributed by atoms with Gasteiger partial charge in [0, 0.05) is 31.0 Å². The molecule has 2 aromatic heterocycles. The molecule has 0 saturated carbocycles. The summed E-state index contributed by atoms with van der Waals surface area (Å²) in [5.74, 6) is 1.79. The van der Waals surface area contributed by atoms with E-state index in [2.05, 4.69) is 63.7 Å². The standard InChI is InChI=1S/C18H30N6OS/c1-5-15(16-8-7-11-26-16)22-18(21-14(3)12-25-4)19-9-10-24-13-20-23-17(24)6-2/h7-8,11,13-15H,5-6,9-10,12H2,1-4H3,(H2,19,21,22). The summed E-state index contributed by atoms with van der Waals surface area (Å²) < 4.78 is 7.29. The summed E-state index contributed by atoms with van der Waals surface area (Å²) in [4.78, 5) is 6.07. The maximum atomic E-state index is 5.24. The first-order valence-corrected chi connectivity index (χ1v) is 10.0. The molecule has 2 rings (SSSR count). The molecule has 0 aliphatic heterocycles. The van der Waals surface area contributed by atoms with Gasteiger partial charge < -0.3 is 19.9 Å². The van der Waals surface area contributed by atoms with Gasteiger partial charge in [0.15, 0.2) is 5.96 Å². The summed E-state index contributed by atoms with van der Waals surface area (Å²) >= 11 is 1.76. The van der Waals surface area contributed by atoms with E-state index in [0.29, 0.717) is 13.2 Å². The Labute approximate surface area is 159 Å². The molecule has 0 bridgehead atoms. The first-order chi connectivity index (χ1) is 12.7. The average molecular weight is 379 g/mol. The van der Waals surface area contributed by atoms with Crippen LogP contribution < -0.4 is 10.6 Å². The Morgan fingerprint density at radius 2 is 2.23 bits per heavy atom. The fraction of sp³-hybridized carbons (Fsp3) is 0.611. The molecule has 144 valence electrons. The van der Waals surface area contributed by atoms with Crippen molar-refractivity contribution in [1.82, 2.24) is 25.4 Å². The monoisotopic (exact) mass is 378 g/mol. The molecule has 0 amide bonds. The number of rotatable bonds is 10. The number of thiophene rings is 1. The minimum atomic E-state index is 0.174. The summed E-state index contributed by atoms with van der Waals surface area (Å²) in [5.41, 5.74) is 0. The lowest BCUT2D eigenvalue weighted by Crippen LogP contribution is -2.45. The average Bonchev–Trinajstić information content (AvgIpc) is 3.31. The molecule has 0 radical (unpaired) electrons. The number of aliphatic imine (C=N–C) groups is 1. The highest BCUT2D eigenvalue weighted by molar-refractivity contribution is 7.10. The zero-order valence-corrected chi connectivity index (χ0v) is 16.9. The van der Waals surface area contributed by atoms with Crippen LogP contribution in [0.1, 0.15) is 43.9 Å². The zero-order chi connectivity index (χ0) is 18.8. The van der Waals surface area contributed by atoms with Crippen LogP contribution in [-0.2, 0) is 17.7 Å². The second-order valence-electron chi connectivity index (χ2n) is 6.15. The molecule has 2 atom stereocenters. The van der Waals surface area contributed by atoms with E-state index in [0.717, 1.165) is 31.2 Å². The zero-order valence-electron chi connectivity index (χ0n) is 16.1. The van der Waals surface area contributed by atoms with Gasteiger partial charge in [-0.05, 0) is 24.8 Å². The van der Waals surface area contributed by atoms with E-state index in [1.165, 1.54) is 4.88 Å². The van der Waals surface area contributed by atoms with Crippen LogP contribution >= 0.6 is 11.3 Å². The summed E-state index contributed by atoms with van der Waals surface area (Å²) in [6.45, 7) is 8.39. The second kappa shape index (κ2) is 10.9. The van der Waals surface area contributed by atoms with Gasteiger partial charge >= 0.3 is 0 Å². The summed E-state index contributed by atoms with van der Waals surface area (Å²) in [6, 6.07) is 4.66. The minimum absolute atomic E-state index is 0.174. The number of nitrogens with zero attached hydrogens (tertiary/aromatic N) is 4. The van der Waals surface area contributed by atoms with Gasteiger partial charge in [-0.1, -0.05) is 19.9 Å². The maximum Gasteiger partial charge on any atom is 0.192 e. The molecule has 0 aromatic carbocycles. The van der Waals surface area contributed by atoms with Crippen LogP contribution in [0.25, 0.3) is 0 Å². The van der Waals surface area contributed by atoms with Crippen LogP contribution in [0, 0.1) is 0 Å². The Balaban J connectivity index is 2.04. The molecule has 2 unspecified atom stereocenters. The van der Waals surface area contributed by atoms with Gasteiger partial charge in [-0.15, -0.1) is 21.5 Å². The Bertz CT molecular complexity index is 654. The number of hydrogen-bond acceptors (Lipinski definition) is 5. The van der Waals surface area contributed by atoms with Crippen molar-refractivity contribution in [2.45, 2.75) is 52.2 Å². The Hall–Kier alpha value is -1.93. The third-order valence-electron chi connectivity index (χ3n) is 4.03. The number of methoxy groups -OCH3 is 1. The molecule has 0 aliphatic rings. The van der Waals surface area contributed by atoms with Crippen LogP contribution in [0.2, 0.25) is 0 Å². The fourth-order valence-electron chi connectivity index (χ4n) is 2.70. The van der Waals surface area contributed by atoms with Crippen LogP contribution in [0.3, 0.4) is 0 Å². The summed E-state index contributed by atoms with van der Waals surface area (Å²) in [5, 5.41) is 17.2. The van der Waals surface area contributed by atoms with Crippen molar-refractivity contribution in [2.75, 3.05) is 20.3 Å². The predicted molar refractivity (Wildman–Crippen MR) is 107 cm³/mol. The van der Waals surface area contributed by atoms with E-state index >= 15 is 0 Å². The molecule has 0 aliphatic carbocycles. The van der Waals surface area contributed by atoms with Crippen molar-refractivity contribution in [2.24, 2.45) is 4.99 Å². The Morgan fingerprint density at radius 1 is 1.38 bits per heavy atom. The number of hydrogen-bond donors (Lipinski definition) is 2. The van der Waals surface area contributed by atoms with Gasteiger partial charge in [-0.3, -0.25) is 4.99 Å². The van der Waals surface area contributed by atoms with E-state index in [4.69, 9.17) is 9.73 Å². The van der Waals surface area contributed by atoms with E-state index < -0.39 is 0 Å². The van der Waals surface area contributed by atoms with Gasteiger partial charge in [0.2, 0.25) is 0 Å². The largest absolute Gasteiger partial charge is 0.383 e. The molecule has 7 nitrogen and oxygen atoms in total. The van der Waals surface area contributed by atoms with Gasteiger partial charge in [-0.25, -0.2) is 0 Å². The molecule has 8 heteroatoms. The fourth-order valence-corrected chi connectivity index (χ4v) is 3.56. The first-order valence-electron chi connectivity index (χ1n) is 9.14. The molecule has 0 spiro atoms.